The smallest absolute Gasteiger partial charge is 0.0892 e. The van der Waals surface area contributed by atoms with Crippen molar-refractivity contribution in [2.45, 2.75) is 78.0 Å². The minimum absolute atomic E-state index is 0.473. The van der Waals surface area contributed by atoms with Crippen LogP contribution in [-0.4, -0.2) is 29.7 Å². The average molecular weight is 596 g/mol. The van der Waals surface area contributed by atoms with Crippen LogP contribution < -0.4 is 15.5 Å². The van der Waals surface area contributed by atoms with E-state index in [0.29, 0.717) is 22.6 Å². The van der Waals surface area contributed by atoms with Crippen LogP contribution in [0.3, 0.4) is 0 Å². The first-order valence-corrected chi connectivity index (χ1v) is 19.6. The fourth-order valence-corrected chi connectivity index (χ4v) is 13.0. The van der Waals surface area contributed by atoms with Gasteiger partial charge >= 0.3 is 0 Å². The van der Waals surface area contributed by atoms with Crippen molar-refractivity contribution in [1.29, 1.82) is 0 Å². The van der Waals surface area contributed by atoms with E-state index in [1.165, 1.54) is 44.2 Å². The average Bonchev–Trinajstić information content (AvgIpc) is 2.99. The molecule has 0 aromatic heterocycles. The molecule has 0 saturated carbocycles. The third-order valence-electron chi connectivity index (χ3n) is 9.47. The van der Waals surface area contributed by atoms with Crippen molar-refractivity contribution in [3.8, 4) is 22.3 Å². The molecule has 0 radical (unpaired) electrons. The Kier molecular flexibility index (Phi) is 10.1. The highest BCUT2D eigenvalue weighted by Gasteiger charge is 2.41. The summed E-state index contributed by atoms with van der Waals surface area (Å²) in [7, 11) is -1.29. The van der Waals surface area contributed by atoms with Crippen LogP contribution in [0.4, 0.5) is 11.4 Å². The van der Waals surface area contributed by atoms with Crippen molar-refractivity contribution in [3.05, 3.63) is 110 Å². The van der Waals surface area contributed by atoms with Gasteiger partial charge in [0.05, 0.1) is 22.0 Å². The molecule has 0 fully saturated rings. The van der Waals surface area contributed by atoms with E-state index in [1.807, 2.05) is 0 Å². The molecule has 0 aliphatic heterocycles. The summed E-state index contributed by atoms with van der Waals surface area (Å²) in [6, 6.07) is 35.7. The van der Waals surface area contributed by atoms with Crippen LogP contribution in [0, 0.1) is 13.3 Å². The van der Waals surface area contributed by atoms with Crippen LogP contribution in [0.1, 0.15) is 55.4 Å². The van der Waals surface area contributed by atoms with Crippen LogP contribution >= 0.6 is 14.5 Å². The van der Waals surface area contributed by atoms with Gasteiger partial charge in [-0.2, -0.15) is 13.3 Å². The fraction of sp³-hybridized carbons (Fsp3) is 0.333. The van der Waals surface area contributed by atoms with Crippen molar-refractivity contribution >= 4 is 36.5 Å². The van der Waals surface area contributed by atoms with Crippen LogP contribution in [0.15, 0.2) is 97.1 Å². The summed E-state index contributed by atoms with van der Waals surface area (Å²) in [4.78, 5) is 2.46. The van der Waals surface area contributed by atoms with Crippen LogP contribution in [0.2, 0.25) is 0 Å². The molecular formula is C39H51NP2. The van der Waals surface area contributed by atoms with Crippen molar-refractivity contribution in [2.24, 2.45) is 0 Å². The van der Waals surface area contributed by atoms with Gasteiger partial charge < -0.3 is 4.90 Å². The van der Waals surface area contributed by atoms with Gasteiger partial charge in [-0.3, -0.25) is 0 Å². The van der Waals surface area contributed by atoms with Gasteiger partial charge in [-0.25, -0.2) is 0 Å². The number of hydrogen-bond acceptors (Lipinski definition) is 1. The Labute approximate surface area is 258 Å². The number of benzene rings is 4. The van der Waals surface area contributed by atoms with Gasteiger partial charge in [0.25, 0.3) is 0 Å². The summed E-state index contributed by atoms with van der Waals surface area (Å²) in [5, 5.41) is 2.83. The molecule has 3 heteroatoms. The zero-order chi connectivity index (χ0) is 30.8. The van der Waals surface area contributed by atoms with E-state index in [1.54, 1.807) is 0 Å². The SMILES string of the molecule is [CH2-][P+](c1cc(-c2ccccc2)ccc1N(C)c1ccc(-c2ccccc2)cc1[P+]([CH2-])(C(C)C)C(C)C)(C(C)C)C(C)C. The largest absolute Gasteiger partial charge is 0.338 e. The van der Waals surface area contributed by atoms with Crippen molar-refractivity contribution < 1.29 is 0 Å². The number of nitrogens with zero attached hydrogens (tertiary/aromatic N) is 1. The Balaban J connectivity index is 2.00. The predicted octanol–water partition coefficient (Wildman–Crippen LogP) is 11.3. The molecule has 0 N–H and O–H groups in total. The Morgan fingerprint density at radius 3 is 1.05 bits per heavy atom. The zero-order valence-corrected chi connectivity index (χ0v) is 29.1. The molecule has 0 aliphatic rings. The summed E-state index contributed by atoms with van der Waals surface area (Å²) < 4.78 is 0. The molecule has 0 unspecified atom stereocenters. The molecule has 222 valence electrons. The van der Waals surface area contributed by atoms with Gasteiger partial charge in [-0.05, 0) is 102 Å². The fourth-order valence-electron chi connectivity index (χ4n) is 6.34. The normalized spacial score (nSPS) is 12.5. The lowest BCUT2D eigenvalue weighted by Crippen LogP contribution is -2.32. The van der Waals surface area contributed by atoms with Gasteiger partial charge in [0.1, 0.15) is 0 Å². The van der Waals surface area contributed by atoms with Gasteiger partial charge in [0.2, 0.25) is 0 Å². The predicted molar refractivity (Wildman–Crippen MR) is 196 cm³/mol. The summed E-state index contributed by atoms with van der Waals surface area (Å²) in [6.07, 6.45) is 0. The second kappa shape index (κ2) is 13.0. The van der Waals surface area contributed by atoms with Gasteiger partial charge in [-0.1, -0.05) is 87.3 Å². The van der Waals surface area contributed by atoms with Gasteiger partial charge in [-0.15, -0.1) is 0 Å². The van der Waals surface area contributed by atoms with Crippen LogP contribution in [0.5, 0.6) is 0 Å². The zero-order valence-electron chi connectivity index (χ0n) is 27.3. The molecule has 0 bridgehead atoms. The van der Waals surface area contributed by atoms with E-state index in [2.05, 4.69) is 164 Å². The van der Waals surface area contributed by atoms with Crippen molar-refractivity contribution in [1.82, 2.24) is 0 Å². The minimum atomic E-state index is -1.77. The summed E-state index contributed by atoms with van der Waals surface area (Å²) in [5.41, 5.74) is 9.47. The van der Waals surface area contributed by atoms with Crippen molar-refractivity contribution in [2.75, 3.05) is 11.9 Å². The molecule has 4 rings (SSSR count). The quantitative estimate of drug-likeness (QED) is 0.130. The van der Waals surface area contributed by atoms with E-state index < -0.39 is 14.5 Å². The second-order valence-corrected chi connectivity index (χ2v) is 21.8. The maximum absolute atomic E-state index is 5.07. The van der Waals surface area contributed by atoms with E-state index in [9.17, 15) is 0 Å². The molecule has 4 aromatic carbocycles. The Hall–Kier alpha value is -2.46. The molecule has 0 aliphatic carbocycles. The lowest BCUT2D eigenvalue weighted by Gasteiger charge is -2.43. The molecule has 42 heavy (non-hydrogen) atoms. The van der Waals surface area contributed by atoms with Gasteiger partial charge in [0, 0.05) is 29.7 Å². The minimum Gasteiger partial charge on any atom is -0.338 e. The third kappa shape index (κ3) is 5.98. The first-order valence-electron chi connectivity index (χ1n) is 15.4. The van der Waals surface area contributed by atoms with E-state index in [-0.39, 0.29) is 0 Å². The highest BCUT2D eigenvalue weighted by molar-refractivity contribution is 7.85. The molecule has 0 saturated heterocycles. The topological polar surface area (TPSA) is 3.24 Å². The van der Waals surface area contributed by atoms with Crippen molar-refractivity contribution in [3.63, 3.8) is 0 Å². The van der Waals surface area contributed by atoms with E-state index in [4.69, 9.17) is 13.3 Å². The molecule has 0 spiro atoms. The van der Waals surface area contributed by atoms with Crippen LogP contribution in [0.25, 0.3) is 22.3 Å². The first kappa shape index (κ1) is 32.5. The second-order valence-electron chi connectivity index (χ2n) is 12.9. The molecule has 0 heterocycles. The summed E-state index contributed by atoms with van der Waals surface area (Å²) in [5.74, 6) is 0. The maximum Gasteiger partial charge on any atom is 0.0892 e. The lowest BCUT2D eigenvalue weighted by molar-refractivity contribution is 1.00. The molecule has 4 aromatic rings. The number of hydrogen-bond donors (Lipinski definition) is 0. The van der Waals surface area contributed by atoms with E-state index >= 15 is 0 Å². The van der Waals surface area contributed by atoms with E-state index in [0.717, 1.165) is 0 Å². The summed E-state index contributed by atoms with van der Waals surface area (Å²) in [6.45, 7) is 29.1. The molecule has 0 amide bonds. The monoisotopic (exact) mass is 595 g/mol. The molecular weight excluding hydrogens is 544 g/mol. The third-order valence-corrected chi connectivity index (χ3v) is 19.4. The highest BCUT2D eigenvalue weighted by Crippen LogP contribution is 2.67. The Morgan fingerprint density at radius 1 is 0.452 bits per heavy atom. The number of anilines is 2. The Morgan fingerprint density at radius 2 is 0.762 bits per heavy atom. The maximum atomic E-state index is 5.07. The molecule has 1 nitrogen and oxygen atoms in total. The van der Waals surface area contributed by atoms with Crippen LogP contribution in [-0.2, 0) is 0 Å². The molecule has 0 atom stereocenters. The Bertz CT molecular complexity index is 1340. The number of rotatable bonds is 10. The summed E-state index contributed by atoms with van der Waals surface area (Å²) >= 11 is 0. The lowest BCUT2D eigenvalue weighted by atomic mass is 10.0. The first-order chi connectivity index (χ1) is 19.8. The highest BCUT2D eigenvalue weighted by atomic mass is 31.2. The van der Waals surface area contributed by atoms with Gasteiger partial charge in [0.15, 0.2) is 0 Å². The standard InChI is InChI=1S/C39H51NP2/c1-28(2)41(10,29(3)4)38-26-34(32-18-14-12-15-19-32)22-24-36(38)40(9)37-25-23-35(33-20-16-13-17-21-33)27-39(37)42(11,30(5)6)31(7)8/h12-31H,10-11H2,1-9H3.